The van der Waals surface area contributed by atoms with Crippen LogP contribution in [-0.4, -0.2) is 9.67 Å². The van der Waals surface area contributed by atoms with E-state index in [1.807, 2.05) is 23.0 Å². The zero-order valence-electron chi connectivity index (χ0n) is 7.00. The van der Waals surface area contributed by atoms with E-state index < -0.39 is 6.10 Å². The molecule has 0 aliphatic heterocycles. The normalized spacial score (nSPS) is 12.9. The van der Waals surface area contributed by atoms with Gasteiger partial charge in [-0.2, -0.15) is 0 Å². The van der Waals surface area contributed by atoms with Crippen molar-refractivity contribution >= 4 is 11.6 Å². The summed E-state index contributed by atoms with van der Waals surface area (Å²) in [5, 5.41) is 9.79. The Morgan fingerprint density at radius 1 is 1.83 bits per heavy atom. The highest BCUT2D eigenvalue weighted by atomic mass is 35.5. The van der Waals surface area contributed by atoms with Gasteiger partial charge in [-0.15, -0.1) is 0 Å². The van der Waals surface area contributed by atoms with E-state index in [4.69, 9.17) is 11.6 Å². The third kappa shape index (κ3) is 2.40. The minimum absolute atomic E-state index is 0.421. The molecular formula is C9H12ClNO. The molecular weight excluding hydrogens is 174 g/mol. The van der Waals surface area contributed by atoms with E-state index in [0.717, 1.165) is 5.56 Å². The van der Waals surface area contributed by atoms with Gasteiger partial charge in [0.25, 0.3) is 0 Å². The summed E-state index contributed by atoms with van der Waals surface area (Å²) in [5.41, 5.74) is 0.896. The highest BCUT2D eigenvalue weighted by Crippen LogP contribution is 2.13. The Kier molecular flexibility index (Phi) is 2.95. The van der Waals surface area contributed by atoms with Crippen molar-refractivity contribution in [3.63, 3.8) is 0 Å². The predicted molar refractivity (Wildman–Crippen MR) is 50.1 cm³/mol. The molecule has 0 aliphatic rings. The maximum atomic E-state index is 9.20. The summed E-state index contributed by atoms with van der Waals surface area (Å²) in [6.45, 7) is 5.91. The zero-order valence-corrected chi connectivity index (χ0v) is 7.75. The van der Waals surface area contributed by atoms with Crippen molar-refractivity contribution < 1.29 is 5.11 Å². The van der Waals surface area contributed by atoms with Crippen molar-refractivity contribution in [2.45, 2.75) is 19.6 Å². The third-order valence-corrected chi connectivity index (χ3v) is 1.73. The Balaban J connectivity index is 2.70. The molecule has 0 spiro atoms. The Bertz CT molecular complexity index is 278. The molecule has 0 fully saturated rings. The minimum atomic E-state index is -0.421. The molecule has 12 heavy (non-hydrogen) atoms. The average molecular weight is 186 g/mol. The van der Waals surface area contributed by atoms with Gasteiger partial charge in [-0.1, -0.05) is 18.2 Å². The minimum Gasteiger partial charge on any atom is -0.389 e. The van der Waals surface area contributed by atoms with Gasteiger partial charge < -0.3 is 9.67 Å². The summed E-state index contributed by atoms with van der Waals surface area (Å²) >= 11 is 5.62. The van der Waals surface area contributed by atoms with Crippen LogP contribution in [0.15, 0.2) is 30.1 Å². The summed E-state index contributed by atoms with van der Waals surface area (Å²) in [6.07, 6.45) is 3.31. The van der Waals surface area contributed by atoms with Gasteiger partial charge in [0, 0.05) is 17.4 Å². The maximum absolute atomic E-state index is 9.20. The molecule has 0 aromatic carbocycles. The molecule has 0 saturated heterocycles. The molecule has 1 aromatic rings. The van der Waals surface area contributed by atoms with E-state index >= 15 is 0 Å². The Morgan fingerprint density at radius 3 is 2.92 bits per heavy atom. The molecule has 3 heteroatoms. The number of aromatic nitrogens is 1. The molecule has 0 amide bonds. The van der Waals surface area contributed by atoms with Crippen molar-refractivity contribution in [3.05, 3.63) is 35.6 Å². The number of halogens is 1. The largest absolute Gasteiger partial charge is 0.389 e. The van der Waals surface area contributed by atoms with Gasteiger partial charge in [0.05, 0.1) is 12.6 Å². The molecule has 1 N–H and O–H groups in total. The number of hydrogen-bond donors (Lipinski definition) is 1. The quantitative estimate of drug-likeness (QED) is 0.768. The number of rotatable bonds is 3. The van der Waals surface area contributed by atoms with Crippen molar-refractivity contribution in [1.29, 1.82) is 0 Å². The van der Waals surface area contributed by atoms with Crippen LogP contribution >= 0.6 is 11.6 Å². The van der Waals surface area contributed by atoms with Crippen molar-refractivity contribution in [2.75, 3.05) is 0 Å². The van der Waals surface area contributed by atoms with Crippen LogP contribution in [0.1, 0.15) is 18.6 Å². The van der Waals surface area contributed by atoms with E-state index in [1.54, 1.807) is 6.92 Å². The van der Waals surface area contributed by atoms with Gasteiger partial charge in [-0.25, -0.2) is 0 Å². The van der Waals surface area contributed by atoms with E-state index in [9.17, 15) is 5.11 Å². The van der Waals surface area contributed by atoms with Gasteiger partial charge in [0.2, 0.25) is 0 Å². The lowest BCUT2D eigenvalue weighted by Gasteiger charge is -2.00. The maximum Gasteiger partial charge on any atom is 0.0776 e. The molecule has 1 heterocycles. The molecule has 1 aromatic heterocycles. The second kappa shape index (κ2) is 3.78. The van der Waals surface area contributed by atoms with Crippen LogP contribution in [-0.2, 0) is 6.54 Å². The van der Waals surface area contributed by atoms with E-state index in [-0.39, 0.29) is 0 Å². The van der Waals surface area contributed by atoms with Crippen molar-refractivity contribution in [3.8, 4) is 0 Å². The molecule has 1 atom stereocenters. The van der Waals surface area contributed by atoms with Crippen LogP contribution in [0.3, 0.4) is 0 Å². The number of aliphatic hydroxyl groups excluding tert-OH is 1. The Hall–Kier alpha value is -0.730. The molecule has 66 valence electrons. The predicted octanol–water partition coefficient (Wildman–Crippen LogP) is 2.29. The lowest BCUT2D eigenvalue weighted by Crippen LogP contribution is -1.93. The highest BCUT2D eigenvalue weighted by molar-refractivity contribution is 6.29. The van der Waals surface area contributed by atoms with Gasteiger partial charge in [0.15, 0.2) is 0 Å². The number of hydrogen-bond acceptors (Lipinski definition) is 1. The van der Waals surface area contributed by atoms with Gasteiger partial charge >= 0.3 is 0 Å². The Morgan fingerprint density at radius 2 is 2.50 bits per heavy atom. The summed E-state index contributed by atoms with van der Waals surface area (Å²) in [5.74, 6) is 0. The molecule has 1 unspecified atom stereocenters. The van der Waals surface area contributed by atoms with Gasteiger partial charge in [0.1, 0.15) is 0 Å². The standard InChI is InChI=1S/C9H12ClNO/c1-7(10)5-11-4-3-9(6-11)8(2)12/h3-4,6,8,12H,1,5H2,2H3. The first-order valence-electron chi connectivity index (χ1n) is 3.76. The van der Waals surface area contributed by atoms with Gasteiger partial charge in [-0.05, 0) is 18.6 Å². The smallest absolute Gasteiger partial charge is 0.0776 e. The molecule has 0 saturated carbocycles. The summed E-state index contributed by atoms with van der Waals surface area (Å²) < 4.78 is 1.89. The monoisotopic (exact) mass is 185 g/mol. The van der Waals surface area contributed by atoms with Crippen LogP contribution in [0, 0.1) is 0 Å². The van der Waals surface area contributed by atoms with Crippen LogP contribution in [0.4, 0.5) is 0 Å². The third-order valence-electron chi connectivity index (χ3n) is 1.61. The SMILES string of the molecule is C=C(Cl)Cn1ccc(C(C)O)c1. The van der Waals surface area contributed by atoms with E-state index in [2.05, 4.69) is 6.58 Å². The number of allylic oxidation sites excluding steroid dienone is 1. The van der Waals surface area contributed by atoms with Crippen LogP contribution in [0.25, 0.3) is 0 Å². The second-order valence-corrected chi connectivity index (χ2v) is 3.34. The van der Waals surface area contributed by atoms with Gasteiger partial charge in [-0.3, -0.25) is 0 Å². The fourth-order valence-corrected chi connectivity index (χ4v) is 1.14. The molecule has 0 radical (unpaired) electrons. The first-order chi connectivity index (χ1) is 5.59. The zero-order chi connectivity index (χ0) is 9.14. The lowest BCUT2D eigenvalue weighted by molar-refractivity contribution is 0.199. The Labute approximate surface area is 77.1 Å². The van der Waals surface area contributed by atoms with E-state index in [0.29, 0.717) is 11.6 Å². The topological polar surface area (TPSA) is 25.2 Å². The second-order valence-electron chi connectivity index (χ2n) is 2.81. The highest BCUT2D eigenvalue weighted by Gasteiger charge is 2.02. The average Bonchev–Trinajstić information content (AvgIpc) is 2.34. The van der Waals surface area contributed by atoms with Crippen LogP contribution in [0.5, 0.6) is 0 Å². The first-order valence-corrected chi connectivity index (χ1v) is 4.14. The number of nitrogens with zero attached hydrogens (tertiary/aromatic N) is 1. The first kappa shape index (κ1) is 9.36. The van der Waals surface area contributed by atoms with Crippen LogP contribution < -0.4 is 0 Å². The molecule has 2 nitrogen and oxygen atoms in total. The summed E-state index contributed by atoms with van der Waals surface area (Å²) in [4.78, 5) is 0. The van der Waals surface area contributed by atoms with Crippen molar-refractivity contribution in [1.82, 2.24) is 4.57 Å². The summed E-state index contributed by atoms with van der Waals surface area (Å²) in [6, 6.07) is 1.87. The molecule has 0 aliphatic carbocycles. The fourth-order valence-electron chi connectivity index (χ4n) is 1.00. The number of aliphatic hydroxyl groups is 1. The molecule has 0 bridgehead atoms. The fraction of sp³-hybridized carbons (Fsp3) is 0.333. The van der Waals surface area contributed by atoms with Crippen molar-refractivity contribution in [2.24, 2.45) is 0 Å². The van der Waals surface area contributed by atoms with E-state index in [1.165, 1.54) is 0 Å². The van der Waals surface area contributed by atoms with Crippen LogP contribution in [0.2, 0.25) is 0 Å². The lowest BCUT2D eigenvalue weighted by atomic mass is 10.2. The molecule has 1 rings (SSSR count). The summed E-state index contributed by atoms with van der Waals surface area (Å²) in [7, 11) is 0.